The first-order valence-electron chi connectivity index (χ1n) is 14.1. The molecule has 1 aromatic heterocycles. The summed E-state index contributed by atoms with van der Waals surface area (Å²) in [5.74, 6) is 0.492. The van der Waals surface area contributed by atoms with Gasteiger partial charge in [-0.2, -0.15) is 13.2 Å². The monoisotopic (exact) mass is 586 g/mol. The second kappa shape index (κ2) is 11.0. The minimum atomic E-state index is -4.31. The number of hydrogen-bond acceptors (Lipinski definition) is 8. The van der Waals surface area contributed by atoms with E-state index >= 15 is 0 Å². The highest BCUT2D eigenvalue weighted by molar-refractivity contribution is 5.50. The average Bonchev–Trinajstić information content (AvgIpc) is 3.52. The number of anilines is 2. The predicted octanol–water partition coefficient (Wildman–Crippen LogP) is 4.83. The Balaban J connectivity index is 0.943. The van der Waals surface area contributed by atoms with E-state index in [9.17, 15) is 23.3 Å². The van der Waals surface area contributed by atoms with E-state index in [0.29, 0.717) is 12.6 Å². The summed E-state index contributed by atoms with van der Waals surface area (Å²) in [6.45, 7) is 7.90. The Kier molecular flexibility index (Phi) is 7.37. The molecule has 3 aliphatic heterocycles. The van der Waals surface area contributed by atoms with E-state index in [1.165, 1.54) is 6.20 Å². The summed E-state index contributed by atoms with van der Waals surface area (Å²) in [6.07, 6.45) is -0.822. The second-order valence-electron chi connectivity index (χ2n) is 11.4. The highest BCUT2D eigenvalue weighted by Crippen LogP contribution is 2.33. The molecular formula is C29H33F3N6O4. The Bertz CT molecular complexity index is 1370. The van der Waals surface area contributed by atoms with Gasteiger partial charge in [0.1, 0.15) is 18.6 Å². The van der Waals surface area contributed by atoms with Gasteiger partial charge in [0.25, 0.3) is 0 Å². The van der Waals surface area contributed by atoms with Crippen LogP contribution in [0.3, 0.4) is 0 Å². The second-order valence-corrected chi connectivity index (χ2v) is 11.4. The van der Waals surface area contributed by atoms with Crippen molar-refractivity contribution in [2.45, 2.75) is 44.1 Å². The van der Waals surface area contributed by atoms with Gasteiger partial charge < -0.3 is 29.4 Å². The molecule has 1 unspecified atom stereocenters. The van der Waals surface area contributed by atoms with E-state index in [4.69, 9.17) is 9.47 Å². The zero-order chi connectivity index (χ0) is 29.5. The number of halogens is 3. The SMILES string of the molecule is CC1(COc2ccc(N3CCC(N4CCN(c5ccc(C(F)(F)F)cc5)CC4)CC3)cc2)Cn2cc([N+](=O)[O-])nc2O1. The fourth-order valence-corrected chi connectivity index (χ4v) is 6.04. The van der Waals surface area contributed by atoms with Crippen molar-refractivity contribution in [3.8, 4) is 11.8 Å². The maximum atomic E-state index is 12.9. The molecule has 0 N–H and O–H groups in total. The molecule has 2 aromatic carbocycles. The van der Waals surface area contributed by atoms with Crippen LogP contribution in [0.25, 0.3) is 0 Å². The number of nitro groups is 1. The van der Waals surface area contributed by atoms with Gasteiger partial charge >= 0.3 is 18.0 Å². The van der Waals surface area contributed by atoms with Gasteiger partial charge in [0.05, 0.1) is 12.1 Å². The molecule has 42 heavy (non-hydrogen) atoms. The van der Waals surface area contributed by atoms with Crippen molar-refractivity contribution < 1.29 is 27.6 Å². The number of aromatic nitrogens is 2. The Hall–Kier alpha value is -4.00. The van der Waals surface area contributed by atoms with Crippen molar-refractivity contribution in [2.75, 3.05) is 55.7 Å². The number of ether oxygens (including phenoxy) is 2. The zero-order valence-corrected chi connectivity index (χ0v) is 23.3. The van der Waals surface area contributed by atoms with Gasteiger partial charge in [-0.1, -0.05) is 0 Å². The van der Waals surface area contributed by atoms with Crippen LogP contribution in [0.2, 0.25) is 0 Å². The van der Waals surface area contributed by atoms with E-state index in [2.05, 4.69) is 31.8 Å². The van der Waals surface area contributed by atoms with Crippen LogP contribution in [-0.4, -0.2) is 76.9 Å². The Morgan fingerprint density at radius 2 is 1.57 bits per heavy atom. The molecule has 4 heterocycles. The maximum Gasteiger partial charge on any atom is 0.416 e. The van der Waals surface area contributed by atoms with Crippen LogP contribution >= 0.6 is 0 Å². The quantitative estimate of drug-likeness (QED) is 0.287. The third-order valence-electron chi connectivity index (χ3n) is 8.36. The lowest BCUT2D eigenvalue weighted by molar-refractivity contribution is -0.389. The van der Waals surface area contributed by atoms with Crippen molar-refractivity contribution in [1.29, 1.82) is 0 Å². The van der Waals surface area contributed by atoms with Gasteiger partial charge in [-0.3, -0.25) is 9.47 Å². The highest BCUT2D eigenvalue weighted by atomic mass is 19.4. The summed E-state index contributed by atoms with van der Waals surface area (Å²) in [7, 11) is 0. The van der Waals surface area contributed by atoms with Gasteiger partial charge in [-0.15, -0.1) is 0 Å². The third kappa shape index (κ3) is 5.96. The van der Waals surface area contributed by atoms with Crippen LogP contribution in [0.5, 0.6) is 11.8 Å². The van der Waals surface area contributed by atoms with Crippen molar-refractivity contribution in [3.05, 3.63) is 70.4 Å². The number of piperazine rings is 1. The van der Waals surface area contributed by atoms with Crippen molar-refractivity contribution in [1.82, 2.24) is 14.5 Å². The van der Waals surface area contributed by atoms with Crippen LogP contribution in [0.4, 0.5) is 30.4 Å². The lowest BCUT2D eigenvalue weighted by Crippen LogP contribution is -2.53. The smallest absolute Gasteiger partial charge is 0.416 e. The summed E-state index contributed by atoms with van der Waals surface area (Å²) >= 11 is 0. The van der Waals surface area contributed by atoms with Crippen molar-refractivity contribution in [3.63, 3.8) is 0 Å². The summed E-state index contributed by atoms with van der Waals surface area (Å²) in [6, 6.07) is 14.2. The fourth-order valence-electron chi connectivity index (χ4n) is 6.04. The molecule has 0 saturated carbocycles. The van der Waals surface area contributed by atoms with Gasteiger partial charge in [0, 0.05) is 61.7 Å². The Morgan fingerprint density at radius 3 is 2.14 bits per heavy atom. The molecule has 0 radical (unpaired) electrons. The first-order valence-corrected chi connectivity index (χ1v) is 14.1. The molecule has 2 saturated heterocycles. The highest BCUT2D eigenvalue weighted by Gasteiger charge is 2.41. The molecule has 1 atom stereocenters. The van der Waals surface area contributed by atoms with Crippen LogP contribution in [-0.2, 0) is 12.7 Å². The minimum absolute atomic E-state index is 0.229. The topological polar surface area (TPSA) is 89.1 Å². The van der Waals surface area contributed by atoms with E-state index in [0.717, 1.165) is 81.4 Å². The number of hydrogen-bond donors (Lipinski definition) is 0. The van der Waals surface area contributed by atoms with Gasteiger partial charge in [-0.05, 0) is 73.2 Å². The first-order chi connectivity index (χ1) is 20.1. The molecule has 0 spiro atoms. The number of alkyl halides is 3. The molecule has 0 aliphatic carbocycles. The van der Waals surface area contributed by atoms with Gasteiger partial charge in [0.2, 0.25) is 0 Å². The van der Waals surface area contributed by atoms with Crippen molar-refractivity contribution >= 4 is 17.2 Å². The largest absolute Gasteiger partial charge is 0.489 e. The minimum Gasteiger partial charge on any atom is -0.489 e. The average molecular weight is 587 g/mol. The molecule has 2 fully saturated rings. The molecule has 224 valence electrons. The maximum absolute atomic E-state index is 12.9. The van der Waals surface area contributed by atoms with Crippen LogP contribution < -0.4 is 19.3 Å². The number of benzene rings is 2. The summed E-state index contributed by atoms with van der Waals surface area (Å²) < 4.78 is 52.1. The van der Waals surface area contributed by atoms with E-state index in [-0.39, 0.29) is 18.4 Å². The third-order valence-corrected chi connectivity index (χ3v) is 8.36. The summed E-state index contributed by atoms with van der Waals surface area (Å²) in [4.78, 5) is 21.3. The molecule has 3 aromatic rings. The lowest BCUT2D eigenvalue weighted by atomic mass is 10.0. The standard InChI is InChI=1S/C29H33F3N6O4/c1-28(19-37-18-26(38(39)40)33-27(37)42-28)20-41-25-8-6-23(7-9-25)34-12-10-24(11-13-34)36-16-14-35(15-17-36)22-4-2-21(3-5-22)29(30,31)32/h2-9,18,24H,10-17,19-20H2,1H3. The zero-order valence-electron chi connectivity index (χ0n) is 23.3. The Labute approximate surface area is 241 Å². The molecule has 6 rings (SSSR count). The van der Waals surface area contributed by atoms with Crippen LogP contribution in [0.1, 0.15) is 25.3 Å². The van der Waals surface area contributed by atoms with Crippen LogP contribution in [0, 0.1) is 10.1 Å². The summed E-state index contributed by atoms with van der Waals surface area (Å²) in [5.41, 5.74) is 0.704. The lowest BCUT2D eigenvalue weighted by Gasteiger charge is -2.43. The van der Waals surface area contributed by atoms with Crippen molar-refractivity contribution in [2.24, 2.45) is 0 Å². The van der Waals surface area contributed by atoms with E-state index in [1.54, 1.807) is 16.7 Å². The predicted molar refractivity (Wildman–Crippen MR) is 150 cm³/mol. The van der Waals surface area contributed by atoms with Crippen LogP contribution in [0.15, 0.2) is 54.7 Å². The molecule has 0 amide bonds. The van der Waals surface area contributed by atoms with E-state index < -0.39 is 22.3 Å². The first kappa shape index (κ1) is 28.1. The molecular weight excluding hydrogens is 553 g/mol. The molecule has 10 nitrogen and oxygen atoms in total. The Morgan fingerprint density at radius 1 is 0.976 bits per heavy atom. The number of nitrogens with zero attached hydrogens (tertiary/aromatic N) is 6. The number of piperidine rings is 1. The number of rotatable bonds is 7. The molecule has 13 heteroatoms. The normalized spacial score (nSPS) is 21.7. The molecule has 3 aliphatic rings. The number of fused-ring (bicyclic) bond motifs is 1. The van der Waals surface area contributed by atoms with Gasteiger partial charge in [-0.25, -0.2) is 0 Å². The van der Waals surface area contributed by atoms with Gasteiger partial charge in [0.15, 0.2) is 5.60 Å². The summed E-state index contributed by atoms with van der Waals surface area (Å²) in [5, 5.41) is 10.9. The fraction of sp³-hybridized carbons (Fsp3) is 0.483. The van der Waals surface area contributed by atoms with E-state index in [1.807, 2.05) is 19.1 Å². The number of imidazole rings is 1. The molecule has 0 bridgehead atoms.